The molecule has 1 aromatic carbocycles. The minimum atomic E-state index is 0.304. The molecule has 1 aliphatic heterocycles. The van der Waals surface area contributed by atoms with E-state index in [1.165, 1.54) is 11.3 Å². The number of benzene rings is 1. The molecule has 1 heterocycles. The van der Waals surface area contributed by atoms with E-state index in [-0.39, 0.29) is 0 Å². The topological polar surface area (TPSA) is 41.7 Å². The van der Waals surface area contributed by atoms with E-state index < -0.39 is 0 Å². The number of ether oxygens (including phenoxy) is 1. The second-order valence-electron chi connectivity index (χ2n) is 5.24. The number of hydrogen-bond donors (Lipinski definition) is 1. The molecule has 1 saturated heterocycles. The molecule has 1 aliphatic rings. The van der Waals surface area contributed by atoms with Crippen LogP contribution in [0.4, 0.5) is 5.69 Å². The molecule has 2 N–H and O–H groups in total. The van der Waals surface area contributed by atoms with E-state index in [2.05, 4.69) is 48.2 Å². The van der Waals surface area contributed by atoms with Crippen LogP contribution in [0.5, 0.6) is 0 Å². The molecule has 0 amide bonds. The van der Waals surface area contributed by atoms with Gasteiger partial charge in [0.2, 0.25) is 0 Å². The first-order chi connectivity index (χ1) is 9.22. The molecule has 0 spiro atoms. The number of anilines is 1. The van der Waals surface area contributed by atoms with Crippen LogP contribution in [0.1, 0.15) is 18.0 Å². The summed E-state index contributed by atoms with van der Waals surface area (Å²) in [5, 5.41) is 0. The van der Waals surface area contributed by atoms with Gasteiger partial charge in [0.25, 0.3) is 0 Å². The monoisotopic (exact) mass is 263 g/mol. The first-order valence-electron chi connectivity index (χ1n) is 7.01. The summed E-state index contributed by atoms with van der Waals surface area (Å²) >= 11 is 0. The molecule has 0 bridgehead atoms. The summed E-state index contributed by atoms with van der Waals surface area (Å²) in [6, 6.07) is 9.01. The van der Waals surface area contributed by atoms with Crippen LogP contribution in [0.15, 0.2) is 24.3 Å². The summed E-state index contributed by atoms with van der Waals surface area (Å²) in [5.74, 6) is 0. The Morgan fingerprint density at radius 1 is 1.21 bits per heavy atom. The van der Waals surface area contributed by atoms with Gasteiger partial charge in [-0.25, -0.2) is 0 Å². The van der Waals surface area contributed by atoms with Crippen molar-refractivity contribution in [1.29, 1.82) is 0 Å². The predicted molar refractivity (Wildman–Crippen MR) is 79.6 cm³/mol. The maximum absolute atomic E-state index is 5.99. The highest BCUT2D eigenvalue weighted by Crippen LogP contribution is 2.23. The van der Waals surface area contributed by atoms with Crippen molar-refractivity contribution in [2.24, 2.45) is 5.73 Å². The van der Waals surface area contributed by atoms with Crippen molar-refractivity contribution in [2.45, 2.75) is 12.5 Å². The predicted octanol–water partition coefficient (Wildman–Crippen LogP) is 1.47. The zero-order chi connectivity index (χ0) is 13.7. The van der Waals surface area contributed by atoms with Crippen molar-refractivity contribution in [1.82, 2.24) is 4.90 Å². The van der Waals surface area contributed by atoms with Gasteiger partial charge in [0.05, 0.1) is 6.61 Å². The Balaban J connectivity index is 2.11. The van der Waals surface area contributed by atoms with Gasteiger partial charge in [0.15, 0.2) is 0 Å². The lowest BCUT2D eigenvalue weighted by atomic mass is 10.0. The normalized spacial score (nSPS) is 18.9. The van der Waals surface area contributed by atoms with Gasteiger partial charge in [0.1, 0.15) is 0 Å². The van der Waals surface area contributed by atoms with Gasteiger partial charge in [-0.05, 0) is 24.1 Å². The Morgan fingerprint density at radius 3 is 2.58 bits per heavy atom. The van der Waals surface area contributed by atoms with Crippen LogP contribution in [0.3, 0.4) is 0 Å². The number of rotatable bonds is 4. The fraction of sp³-hybridized carbons (Fsp3) is 0.600. The van der Waals surface area contributed by atoms with Crippen molar-refractivity contribution in [3.8, 4) is 0 Å². The third-order valence-corrected chi connectivity index (χ3v) is 3.72. The minimum Gasteiger partial charge on any atom is -0.380 e. The highest BCUT2D eigenvalue weighted by molar-refractivity contribution is 5.46. The van der Waals surface area contributed by atoms with E-state index in [0.29, 0.717) is 12.6 Å². The fourth-order valence-corrected chi connectivity index (χ4v) is 2.57. The molecule has 0 aliphatic carbocycles. The molecule has 2 rings (SSSR count). The first-order valence-corrected chi connectivity index (χ1v) is 7.01. The molecule has 106 valence electrons. The zero-order valence-electron chi connectivity index (χ0n) is 12.0. The summed E-state index contributed by atoms with van der Waals surface area (Å²) in [6.45, 7) is 4.37. The second kappa shape index (κ2) is 6.89. The minimum absolute atomic E-state index is 0.304. The molecule has 0 saturated carbocycles. The lowest BCUT2D eigenvalue weighted by molar-refractivity contribution is 0.132. The largest absolute Gasteiger partial charge is 0.380 e. The van der Waals surface area contributed by atoms with Gasteiger partial charge >= 0.3 is 0 Å². The Bertz CT molecular complexity index is 369. The van der Waals surface area contributed by atoms with Gasteiger partial charge in [-0.1, -0.05) is 12.1 Å². The summed E-state index contributed by atoms with van der Waals surface area (Å²) in [4.78, 5) is 4.55. The molecule has 1 unspecified atom stereocenters. The summed E-state index contributed by atoms with van der Waals surface area (Å²) in [6.07, 6.45) is 1.09. The van der Waals surface area contributed by atoms with Gasteiger partial charge in [-0.2, -0.15) is 0 Å². The van der Waals surface area contributed by atoms with Crippen LogP contribution < -0.4 is 10.6 Å². The van der Waals surface area contributed by atoms with E-state index in [9.17, 15) is 0 Å². The van der Waals surface area contributed by atoms with Crippen LogP contribution in [0.2, 0.25) is 0 Å². The fourth-order valence-electron chi connectivity index (χ4n) is 2.57. The SMILES string of the molecule is CN(C)c1ccc(C(CN)N2CCCOCC2)cc1. The lowest BCUT2D eigenvalue weighted by Gasteiger charge is -2.29. The number of nitrogens with zero attached hydrogens (tertiary/aromatic N) is 2. The van der Waals surface area contributed by atoms with Crippen molar-refractivity contribution in [3.05, 3.63) is 29.8 Å². The Labute approximate surface area is 116 Å². The number of hydrogen-bond acceptors (Lipinski definition) is 4. The van der Waals surface area contributed by atoms with E-state index in [1.54, 1.807) is 0 Å². The Kier molecular flexibility index (Phi) is 5.19. The van der Waals surface area contributed by atoms with Crippen molar-refractivity contribution in [3.63, 3.8) is 0 Å². The Morgan fingerprint density at radius 2 is 1.95 bits per heavy atom. The molecule has 0 aromatic heterocycles. The van der Waals surface area contributed by atoms with Crippen LogP contribution in [-0.4, -0.2) is 51.8 Å². The third kappa shape index (κ3) is 3.69. The Hall–Kier alpha value is -1.10. The summed E-state index contributed by atoms with van der Waals surface area (Å²) in [7, 11) is 4.11. The zero-order valence-corrected chi connectivity index (χ0v) is 12.0. The molecule has 19 heavy (non-hydrogen) atoms. The molecular weight excluding hydrogens is 238 g/mol. The van der Waals surface area contributed by atoms with E-state index in [0.717, 1.165) is 32.7 Å². The van der Waals surface area contributed by atoms with Crippen molar-refractivity contribution >= 4 is 5.69 Å². The smallest absolute Gasteiger partial charge is 0.0593 e. The quantitative estimate of drug-likeness (QED) is 0.893. The number of nitrogens with two attached hydrogens (primary N) is 1. The van der Waals surface area contributed by atoms with Crippen molar-refractivity contribution < 1.29 is 4.74 Å². The van der Waals surface area contributed by atoms with Crippen LogP contribution >= 0.6 is 0 Å². The van der Waals surface area contributed by atoms with E-state index in [1.807, 2.05) is 0 Å². The standard InChI is InChI=1S/C15H25N3O/c1-17(2)14-6-4-13(5-7-14)15(12-16)18-8-3-10-19-11-9-18/h4-7,15H,3,8-12,16H2,1-2H3. The molecule has 1 atom stereocenters. The lowest BCUT2D eigenvalue weighted by Crippen LogP contribution is -2.35. The summed E-state index contributed by atoms with van der Waals surface area (Å²) < 4.78 is 5.52. The van der Waals surface area contributed by atoms with Crippen molar-refractivity contribution in [2.75, 3.05) is 51.8 Å². The third-order valence-electron chi connectivity index (χ3n) is 3.72. The first kappa shape index (κ1) is 14.3. The average Bonchev–Trinajstić information content (AvgIpc) is 2.69. The van der Waals surface area contributed by atoms with Gasteiger partial charge in [-0.15, -0.1) is 0 Å². The average molecular weight is 263 g/mol. The highest BCUT2D eigenvalue weighted by atomic mass is 16.5. The van der Waals surface area contributed by atoms with Gasteiger partial charge in [-0.3, -0.25) is 4.90 Å². The van der Waals surface area contributed by atoms with Crippen LogP contribution in [-0.2, 0) is 4.74 Å². The second-order valence-corrected chi connectivity index (χ2v) is 5.24. The molecule has 4 nitrogen and oxygen atoms in total. The molecular formula is C15H25N3O. The maximum Gasteiger partial charge on any atom is 0.0593 e. The van der Waals surface area contributed by atoms with E-state index in [4.69, 9.17) is 10.5 Å². The molecule has 1 fully saturated rings. The van der Waals surface area contributed by atoms with Crippen LogP contribution in [0, 0.1) is 0 Å². The summed E-state index contributed by atoms with van der Waals surface area (Å²) in [5.41, 5.74) is 8.51. The van der Waals surface area contributed by atoms with E-state index >= 15 is 0 Å². The van der Waals surface area contributed by atoms with Gasteiger partial charge < -0.3 is 15.4 Å². The maximum atomic E-state index is 5.99. The van der Waals surface area contributed by atoms with Crippen LogP contribution in [0.25, 0.3) is 0 Å². The van der Waals surface area contributed by atoms with Gasteiger partial charge in [0, 0.05) is 52.1 Å². The molecule has 0 radical (unpaired) electrons. The molecule has 1 aromatic rings. The highest BCUT2D eigenvalue weighted by Gasteiger charge is 2.20. The molecule has 4 heteroatoms.